The Bertz CT molecular complexity index is 1130. The van der Waals surface area contributed by atoms with Crippen molar-refractivity contribution in [2.24, 2.45) is 0 Å². The van der Waals surface area contributed by atoms with Gasteiger partial charge in [0.2, 0.25) is 0 Å². The summed E-state index contributed by atoms with van der Waals surface area (Å²) in [6.07, 6.45) is 1.33. The van der Waals surface area contributed by atoms with Gasteiger partial charge in [0.25, 0.3) is 5.91 Å². The molecule has 1 N–H and O–H groups in total. The first-order chi connectivity index (χ1) is 13.4. The van der Waals surface area contributed by atoms with E-state index in [-0.39, 0.29) is 10.6 Å². The summed E-state index contributed by atoms with van der Waals surface area (Å²) in [6, 6.07) is 14.8. The quantitative estimate of drug-likeness (QED) is 0.339. The second-order valence-electron chi connectivity index (χ2n) is 5.57. The zero-order valence-corrected chi connectivity index (χ0v) is 17.0. The lowest BCUT2D eigenvalue weighted by Gasteiger charge is -2.06. The van der Waals surface area contributed by atoms with Crippen molar-refractivity contribution in [1.29, 1.82) is 5.26 Å². The Morgan fingerprint density at radius 3 is 2.29 bits per heavy atom. The minimum Gasteiger partial charge on any atom is -0.457 e. The SMILES string of the molecule is N#C/C(=C\c1ccc(-c2ccc(Cl)cc2Cl)o1)C(=O)Nc1ccc(Cl)cc1Cl. The number of carbonyl (C=O) groups excluding carboxylic acids is 1. The van der Waals surface area contributed by atoms with E-state index in [1.165, 1.54) is 12.1 Å². The molecule has 0 radical (unpaired) electrons. The Hall–Kier alpha value is -2.42. The van der Waals surface area contributed by atoms with E-state index in [1.54, 1.807) is 42.5 Å². The standard InChI is InChI=1S/C20H10Cl4N2O2/c21-12-1-4-15(16(23)8-12)19-6-3-14(28-19)7-11(10-25)20(27)26-18-5-2-13(22)9-17(18)24/h1-9H,(H,26,27)/b11-7+. The molecule has 0 aliphatic heterocycles. The number of benzene rings is 2. The number of nitrogens with one attached hydrogen (secondary N) is 1. The van der Waals surface area contributed by atoms with Crippen LogP contribution >= 0.6 is 46.4 Å². The number of rotatable bonds is 4. The number of nitrogens with zero attached hydrogens (tertiary/aromatic N) is 1. The average Bonchev–Trinajstić information content (AvgIpc) is 3.10. The number of furan rings is 1. The van der Waals surface area contributed by atoms with Gasteiger partial charge in [0, 0.05) is 21.7 Å². The molecule has 0 atom stereocenters. The predicted octanol–water partition coefficient (Wildman–Crippen LogP) is 7.11. The summed E-state index contributed by atoms with van der Waals surface area (Å²) in [6.45, 7) is 0. The highest BCUT2D eigenvalue weighted by Crippen LogP contribution is 2.32. The summed E-state index contributed by atoms with van der Waals surface area (Å²) in [4.78, 5) is 12.4. The Labute approximate surface area is 180 Å². The highest BCUT2D eigenvalue weighted by Gasteiger charge is 2.14. The number of amides is 1. The maximum absolute atomic E-state index is 12.4. The monoisotopic (exact) mass is 450 g/mol. The van der Waals surface area contributed by atoms with E-state index in [9.17, 15) is 10.1 Å². The van der Waals surface area contributed by atoms with E-state index in [1.807, 2.05) is 6.07 Å². The Balaban J connectivity index is 1.84. The van der Waals surface area contributed by atoms with Crippen LogP contribution in [-0.2, 0) is 4.79 Å². The fourth-order valence-electron chi connectivity index (χ4n) is 2.34. The number of anilines is 1. The molecule has 0 aliphatic carbocycles. The van der Waals surface area contributed by atoms with Crippen molar-refractivity contribution in [2.45, 2.75) is 0 Å². The molecule has 3 rings (SSSR count). The smallest absolute Gasteiger partial charge is 0.266 e. The summed E-state index contributed by atoms with van der Waals surface area (Å²) in [5.41, 5.74) is 0.820. The molecule has 1 aromatic heterocycles. The zero-order chi connectivity index (χ0) is 20.3. The van der Waals surface area contributed by atoms with Crippen LogP contribution in [0.1, 0.15) is 5.76 Å². The first-order valence-corrected chi connectivity index (χ1v) is 9.32. The van der Waals surface area contributed by atoms with Gasteiger partial charge in [-0.05, 0) is 48.5 Å². The normalized spacial score (nSPS) is 11.2. The van der Waals surface area contributed by atoms with Crippen LogP contribution in [-0.4, -0.2) is 5.91 Å². The molecule has 0 spiro atoms. The second-order valence-corrected chi connectivity index (χ2v) is 7.26. The lowest BCUT2D eigenvalue weighted by molar-refractivity contribution is -0.112. The van der Waals surface area contributed by atoms with Gasteiger partial charge >= 0.3 is 0 Å². The highest BCUT2D eigenvalue weighted by molar-refractivity contribution is 6.37. The average molecular weight is 452 g/mol. The third kappa shape index (κ3) is 4.70. The molecular formula is C20H10Cl4N2O2. The van der Waals surface area contributed by atoms with E-state index in [0.717, 1.165) is 0 Å². The molecular weight excluding hydrogens is 442 g/mol. The first-order valence-electron chi connectivity index (χ1n) is 7.81. The van der Waals surface area contributed by atoms with E-state index < -0.39 is 5.91 Å². The van der Waals surface area contributed by atoms with Crippen LogP contribution in [0.5, 0.6) is 0 Å². The van der Waals surface area contributed by atoms with E-state index in [0.29, 0.717) is 37.8 Å². The Morgan fingerprint density at radius 2 is 1.64 bits per heavy atom. The van der Waals surface area contributed by atoms with Crippen LogP contribution in [0.25, 0.3) is 17.4 Å². The van der Waals surface area contributed by atoms with Crippen molar-refractivity contribution in [3.63, 3.8) is 0 Å². The van der Waals surface area contributed by atoms with Gasteiger partial charge in [-0.25, -0.2) is 0 Å². The largest absolute Gasteiger partial charge is 0.457 e. The minimum absolute atomic E-state index is 0.158. The molecule has 3 aromatic rings. The van der Waals surface area contributed by atoms with E-state index in [2.05, 4.69) is 5.32 Å². The molecule has 8 heteroatoms. The maximum atomic E-state index is 12.4. The summed E-state index contributed by atoms with van der Waals surface area (Å²) in [5, 5.41) is 13.5. The first kappa shape index (κ1) is 20.3. The number of carbonyl (C=O) groups is 1. The van der Waals surface area contributed by atoms with Gasteiger partial charge in [-0.2, -0.15) is 5.26 Å². The van der Waals surface area contributed by atoms with Crippen molar-refractivity contribution >= 4 is 64.1 Å². The molecule has 0 fully saturated rings. The van der Waals surface area contributed by atoms with Gasteiger partial charge in [0.05, 0.1) is 15.7 Å². The van der Waals surface area contributed by atoms with Crippen LogP contribution in [0.4, 0.5) is 5.69 Å². The van der Waals surface area contributed by atoms with Crippen molar-refractivity contribution in [3.8, 4) is 17.4 Å². The molecule has 0 saturated carbocycles. The molecule has 28 heavy (non-hydrogen) atoms. The second kappa shape index (κ2) is 8.72. The van der Waals surface area contributed by atoms with Crippen LogP contribution in [0.2, 0.25) is 20.1 Å². The van der Waals surface area contributed by atoms with Gasteiger partial charge in [-0.1, -0.05) is 46.4 Å². The maximum Gasteiger partial charge on any atom is 0.266 e. The van der Waals surface area contributed by atoms with Crippen LogP contribution in [0.3, 0.4) is 0 Å². The molecule has 4 nitrogen and oxygen atoms in total. The molecule has 0 aliphatic rings. The molecule has 1 amide bonds. The summed E-state index contributed by atoms with van der Waals surface area (Å²) >= 11 is 23.9. The van der Waals surface area contributed by atoms with Crippen LogP contribution in [0, 0.1) is 11.3 Å². The van der Waals surface area contributed by atoms with Gasteiger partial charge in [-0.3, -0.25) is 4.79 Å². The number of nitriles is 1. The van der Waals surface area contributed by atoms with Gasteiger partial charge in [0.15, 0.2) is 0 Å². The lowest BCUT2D eigenvalue weighted by atomic mass is 10.2. The third-order valence-corrected chi connectivity index (χ3v) is 4.75. The zero-order valence-electron chi connectivity index (χ0n) is 14.0. The molecule has 140 valence electrons. The fraction of sp³-hybridized carbons (Fsp3) is 0. The van der Waals surface area contributed by atoms with Gasteiger partial charge in [-0.15, -0.1) is 0 Å². The topological polar surface area (TPSA) is 66.0 Å². The Morgan fingerprint density at radius 1 is 0.964 bits per heavy atom. The third-order valence-electron chi connectivity index (χ3n) is 3.65. The van der Waals surface area contributed by atoms with E-state index in [4.69, 9.17) is 50.8 Å². The van der Waals surface area contributed by atoms with Crippen LogP contribution in [0.15, 0.2) is 58.5 Å². The minimum atomic E-state index is -0.630. The number of halogens is 4. The van der Waals surface area contributed by atoms with Crippen LogP contribution < -0.4 is 5.32 Å². The Kier molecular flexibility index (Phi) is 6.33. The fourth-order valence-corrected chi connectivity index (χ4v) is 3.29. The van der Waals surface area contributed by atoms with Gasteiger partial charge in [0.1, 0.15) is 23.2 Å². The van der Waals surface area contributed by atoms with Gasteiger partial charge < -0.3 is 9.73 Å². The van der Waals surface area contributed by atoms with Crippen molar-refractivity contribution in [1.82, 2.24) is 0 Å². The summed E-state index contributed by atoms with van der Waals surface area (Å²) < 4.78 is 5.68. The lowest BCUT2D eigenvalue weighted by Crippen LogP contribution is -2.13. The molecule has 0 saturated heterocycles. The summed E-state index contributed by atoms with van der Waals surface area (Å²) in [7, 11) is 0. The molecule has 0 unspecified atom stereocenters. The van der Waals surface area contributed by atoms with Crippen molar-refractivity contribution in [2.75, 3.05) is 5.32 Å². The van der Waals surface area contributed by atoms with Crippen molar-refractivity contribution in [3.05, 3.63) is 80.0 Å². The van der Waals surface area contributed by atoms with Crippen molar-refractivity contribution < 1.29 is 9.21 Å². The molecule has 0 bridgehead atoms. The molecule has 1 heterocycles. The molecule has 2 aromatic carbocycles. The van der Waals surface area contributed by atoms with E-state index >= 15 is 0 Å². The predicted molar refractivity (Wildman–Crippen MR) is 113 cm³/mol. The highest BCUT2D eigenvalue weighted by atomic mass is 35.5. The number of hydrogen-bond donors (Lipinski definition) is 1. The number of hydrogen-bond acceptors (Lipinski definition) is 3. The summed E-state index contributed by atoms with van der Waals surface area (Å²) in [5.74, 6) is 0.162.